The first kappa shape index (κ1) is 36.8. The Morgan fingerprint density at radius 3 is 1.75 bits per heavy atom. The third-order valence-electron chi connectivity index (χ3n) is 9.81. The molecule has 1 radical (unpaired) electrons. The fraction of sp³-hybridized carbons (Fsp3) is 0.184. The van der Waals surface area contributed by atoms with E-state index in [0.717, 1.165) is 28.9 Å². The van der Waals surface area contributed by atoms with Gasteiger partial charge in [-0.05, 0) is 89.0 Å². The van der Waals surface area contributed by atoms with E-state index in [1.165, 1.54) is 91.4 Å². The van der Waals surface area contributed by atoms with Crippen molar-refractivity contribution in [2.75, 3.05) is 0 Å². The summed E-state index contributed by atoms with van der Waals surface area (Å²) in [4.78, 5) is 9.36. The van der Waals surface area contributed by atoms with Crippen LogP contribution in [0.15, 0.2) is 134 Å². The van der Waals surface area contributed by atoms with Gasteiger partial charge in [0.15, 0.2) is 0 Å². The summed E-state index contributed by atoms with van der Waals surface area (Å²) in [5.41, 5.74) is 11.7. The monoisotopic (exact) mass is 853 g/mol. The zero-order valence-corrected chi connectivity index (χ0v) is 32.9. The Bertz CT molecular complexity index is 2360. The molecule has 3 heteroatoms. The SMILES string of the molecule is CCCCCCc1ccc(-c2[c-]cc3c4ccccc4c4ccccc4c3c2)nc1.Cc1cc(C)c(-c2ccc(-c3[c-]cccc3)nc2)c(C)c1.[Ir]. The van der Waals surface area contributed by atoms with Crippen LogP contribution < -0.4 is 0 Å². The van der Waals surface area contributed by atoms with E-state index in [0.29, 0.717) is 0 Å². The molecule has 0 atom stereocenters. The van der Waals surface area contributed by atoms with Crippen molar-refractivity contribution in [2.45, 2.75) is 59.8 Å². The normalized spacial score (nSPS) is 10.9. The number of hydrogen-bond donors (Lipinski definition) is 0. The summed E-state index contributed by atoms with van der Waals surface area (Å²) in [5.74, 6) is 0. The molecule has 0 saturated carbocycles. The second-order valence-electron chi connectivity index (χ2n) is 13.6. The maximum Gasteiger partial charge on any atom is 0.0239 e. The molecular weight excluding hydrogens is 809 g/mol. The molecule has 2 nitrogen and oxygen atoms in total. The minimum absolute atomic E-state index is 0. The van der Waals surface area contributed by atoms with Gasteiger partial charge in [0.25, 0.3) is 0 Å². The van der Waals surface area contributed by atoms with Gasteiger partial charge in [-0.1, -0.05) is 133 Å². The fourth-order valence-corrected chi connectivity index (χ4v) is 7.37. The number of fused-ring (bicyclic) bond motifs is 6. The summed E-state index contributed by atoms with van der Waals surface area (Å²) in [6.07, 6.45) is 10.3. The molecule has 0 unspecified atom stereocenters. The fourth-order valence-electron chi connectivity index (χ4n) is 7.37. The molecule has 2 aromatic heterocycles. The number of pyridine rings is 2. The molecule has 0 bridgehead atoms. The Balaban J connectivity index is 0.000000186. The average molecular weight is 853 g/mol. The van der Waals surface area contributed by atoms with Crippen molar-refractivity contribution in [3.05, 3.63) is 168 Å². The van der Waals surface area contributed by atoms with Gasteiger partial charge in [0.1, 0.15) is 0 Å². The van der Waals surface area contributed by atoms with Crippen LogP contribution in [0.1, 0.15) is 54.9 Å². The van der Waals surface area contributed by atoms with Gasteiger partial charge in [0.2, 0.25) is 0 Å². The number of hydrogen-bond acceptors (Lipinski definition) is 2. The smallest absolute Gasteiger partial charge is 0.0239 e. The standard InChI is InChI=1S/C29H26N.C20H18N.Ir/c1-2-3-4-5-10-21-15-18-29(30-20-21)22-16-17-27-25-13-7-6-11-23(25)24-12-8-9-14-26(24)28(27)19-22;1-14-11-15(2)20(16(3)12-14)18-9-10-19(21-13-18)17-7-5-4-6-8-17;/h6-9,11-15,17-20H,2-5,10H2,1H3;4-7,9-13H,1-3H3;/q2*-1;. The van der Waals surface area contributed by atoms with Gasteiger partial charge in [-0.2, -0.15) is 0 Å². The number of aromatic nitrogens is 2. The molecule has 0 saturated heterocycles. The van der Waals surface area contributed by atoms with Gasteiger partial charge in [-0.15, -0.1) is 59.7 Å². The molecule has 0 amide bonds. The molecule has 0 aliphatic carbocycles. The number of nitrogens with zero attached hydrogens (tertiary/aromatic N) is 2. The molecule has 261 valence electrons. The largest absolute Gasteiger partial charge is 0.304 e. The molecular formula is C49H44IrN2-2. The Morgan fingerprint density at radius 2 is 1.15 bits per heavy atom. The van der Waals surface area contributed by atoms with Crippen molar-refractivity contribution in [2.24, 2.45) is 0 Å². The van der Waals surface area contributed by atoms with Crippen molar-refractivity contribution >= 4 is 32.3 Å². The van der Waals surface area contributed by atoms with E-state index in [1.54, 1.807) is 0 Å². The van der Waals surface area contributed by atoms with Gasteiger partial charge in [-0.25, -0.2) is 0 Å². The van der Waals surface area contributed by atoms with E-state index in [9.17, 15) is 0 Å². The van der Waals surface area contributed by atoms with E-state index in [-0.39, 0.29) is 20.1 Å². The van der Waals surface area contributed by atoms with Crippen LogP contribution in [-0.4, -0.2) is 9.97 Å². The van der Waals surface area contributed by atoms with Crippen LogP contribution in [0.4, 0.5) is 0 Å². The molecule has 0 aliphatic heterocycles. The first-order chi connectivity index (χ1) is 25.0. The van der Waals surface area contributed by atoms with Gasteiger partial charge >= 0.3 is 0 Å². The van der Waals surface area contributed by atoms with Crippen LogP contribution in [0.5, 0.6) is 0 Å². The summed E-state index contributed by atoms with van der Waals surface area (Å²) < 4.78 is 0. The number of aryl methyl sites for hydroxylation is 4. The summed E-state index contributed by atoms with van der Waals surface area (Å²) in [6, 6.07) is 49.4. The molecule has 0 spiro atoms. The summed E-state index contributed by atoms with van der Waals surface area (Å²) in [7, 11) is 0. The van der Waals surface area contributed by atoms with E-state index < -0.39 is 0 Å². The molecule has 6 aromatic carbocycles. The summed E-state index contributed by atoms with van der Waals surface area (Å²) in [5, 5.41) is 7.68. The predicted octanol–water partition coefficient (Wildman–Crippen LogP) is 13.3. The minimum Gasteiger partial charge on any atom is -0.304 e. The van der Waals surface area contributed by atoms with Crippen LogP contribution in [0.2, 0.25) is 0 Å². The Hall–Kier alpha value is -4.95. The van der Waals surface area contributed by atoms with Crippen molar-refractivity contribution in [3.63, 3.8) is 0 Å². The molecule has 0 fully saturated rings. The van der Waals surface area contributed by atoms with Gasteiger partial charge in [-0.3, -0.25) is 0 Å². The first-order valence-electron chi connectivity index (χ1n) is 18.2. The third-order valence-corrected chi connectivity index (χ3v) is 9.81. The summed E-state index contributed by atoms with van der Waals surface area (Å²) >= 11 is 0. The quantitative estimate of drug-likeness (QED) is 0.0865. The molecule has 52 heavy (non-hydrogen) atoms. The number of rotatable bonds is 8. The maximum absolute atomic E-state index is 4.77. The van der Waals surface area contributed by atoms with Gasteiger partial charge in [0, 0.05) is 32.5 Å². The van der Waals surface area contributed by atoms with E-state index in [4.69, 9.17) is 4.98 Å². The second-order valence-corrected chi connectivity index (χ2v) is 13.6. The van der Waals surface area contributed by atoms with Crippen LogP contribution in [0, 0.1) is 32.9 Å². The van der Waals surface area contributed by atoms with Crippen molar-refractivity contribution in [1.82, 2.24) is 9.97 Å². The average Bonchev–Trinajstić information content (AvgIpc) is 3.17. The van der Waals surface area contributed by atoms with E-state index in [1.807, 2.05) is 36.7 Å². The molecule has 0 N–H and O–H groups in total. The zero-order chi connectivity index (χ0) is 35.2. The van der Waals surface area contributed by atoms with E-state index in [2.05, 4.69) is 142 Å². The second kappa shape index (κ2) is 17.0. The van der Waals surface area contributed by atoms with Crippen LogP contribution >= 0.6 is 0 Å². The molecule has 8 rings (SSSR count). The zero-order valence-electron chi connectivity index (χ0n) is 30.5. The van der Waals surface area contributed by atoms with Crippen molar-refractivity contribution in [3.8, 4) is 33.6 Å². The maximum atomic E-state index is 4.77. The Labute approximate surface area is 322 Å². The van der Waals surface area contributed by atoms with Crippen LogP contribution in [0.25, 0.3) is 66.0 Å². The molecule has 0 aliphatic rings. The third kappa shape index (κ3) is 8.07. The summed E-state index contributed by atoms with van der Waals surface area (Å²) in [6.45, 7) is 8.71. The first-order valence-corrected chi connectivity index (χ1v) is 18.2. The minimum atomic E-state index is 0. The van der Waals surface area contributed by atoms with Crippen molar-refractivity contribution in [1.29, 1.82) is 0 Å². The topological polar surface area (TPSA) is 25.8 Å². The van der Waals surface area contributed by atoms with Gasteiger partial charge in [0.05, 0.1) is 0 Å². The van der Waals surface area contributed by atoms with Crippen LogP contribution in [0.3, 0.4) is 0 Å². The van der Waals surface area contributed by atoms with Crippen molar-refractivity contribution < 1.29 is 20.1 Å². The molecule has 8 aromatic rings. The van der Waals surface area contributed by atoms with Gasteiger partial charge < -0.3 is 9.97 Å². The van der Waals surface area contributed by atoms with Crippen LogP contribution in [-0.2, 0) is 26.5 Å². The molecule has 2 heterocycles. The number of unbranched alkanes of at least 4 members (excludes halogenated alkanes) is 3. The Morgan fingerprint density at radius 1 is 0.538 bits per heavy atom. The van der Waals surface area contributed by atoms with E-state index >= 15 is 0 Å². The Kier molecular flexibility index (Phi) is 12.1. The number of benzene rings is 6. The predicted molar refractivity (Wildman–Crippen MR) is 217 cm³/mol.